The van der Waals surface area contributed by atoms with Crippen LogP contribution in [0, 0.1) is 0 Å². The summed E-state index contributed by atoms with van der Waals surface area (Å²) in [6.45, 7) is 0.770. The number of carboxylic acids is 2. The summed E-state index contributed by atoms with van der Waals surface area (Å²) in [6, 6.07) is 0.640. The van der Waals surface area contributed by atoms with E-state index < -0.39 is 60.2 Å². The normalized spacial score (nSPS) is 13.9. The Bertz CT molecular complexity index is 958. The first kappa shape index (κ1) is 33.3. The number of nitrogens with two attached hydrogens (primary N) is 3. The monoisotopic (exact) mass is 552 g/mol. The van der Waals surface area contributed by atoms with Crippen molar-refractivity contribution in [1.82, 2.24) is 16.0 Å². The second-order valence-electron chi connectivity index (χ2n) is 9.17. The van der Waals surface area contributed by atoms with Crippen LogP contribution in [0.4, 0.5) is 0 Å². The molecule has 14 heteroatoms. The molecular weight excluding hydrogens is 512 g/mol. The standard InChI is InChI=1S/C25H40N6O8/c26-11-3-1-5-17(28)22(35)30-20(14-21(33)34)24(37)31-19(13-15-7-9-16(32)10-8-15)23(36)29-18(25(38)39)6-2-4-12-27/h7-10,17-20,32H,1-6,11-14,26-28H2,(H,29,36)(H,30,35)(H,31,37)(H,33,34)(H,38,39). The molecule has 4 unspecified atom stereocenters. The van der Waals surface area contributed by atoms with Crippen LogP contribution in [-0.4, -0.2) is 82.2 Å². The molecule has 3 amide bonds. The fourth-order valence-corrected chi connectivity index (χ4v) is 3.67. The number of benzene rings is 1. The van der Waals surface area contributed by atoms with Crippen LogP contribution in [0.3, 0.4) is 0 Å². The van der Waals surface area contributed by atoms with Crippen molar-refractivity contribution in [2.24, 2.45) is 17.2 Å². The fraction of sp³-hybridized carbons (Fsp3) is 0.560. The van der Waals surface area contributed by atoms with E-state index in [4.69, 9.17) is 17.2 Å². The zero-order valence-corrected chi connectivity index (χ0v) is 21.8. The Kier molecular flexibility index (Phi) is 15.1. The van der Waals surface area contributed by atoms with Gasteiger partial charge in [-0.25, -0.2) is 4.79 Å². The first-order valence-corrected chi connectivity index (χ1v) is 12.8. The molecule has 39 heavy (non-hydrogen) atoms. The van der Waals surface area contributed by atoms with Gasteiger partial charge in [-0.2, -0.15) is 0 Å². The van der Waals surface area contributed by atoms with Gasteiger partial charge in [-0.05, 0) is 62.9 Å². The summed E-state index contributed by atoms with van der Waals surface area (Å²) in [5.74, 6) is -5.20. The van der Waals surface area contributed by atoms with E-state index in [1.165, 1.54) is 24.3 Å². The molecule has 14 nitrogen and oxygen atoms in total. The van der Waals surface area contributed by atoms with Gasteiger partial charge in [0.2, 0.25) is 17.7 Å². The number of hydrogen-bond donors (Lipinski definition) is 9. The predicted octanol–water partition coefficient (Wildman–Crippen LogP) is -1.47. The first-order chi connectivity index (χ1) is 18.5. The number of carboxylic acid groups (broad SMARTS) is 2. The van der Waals surface area contributed by atoms with Crippen LogP contribution >= 0.6 is 0 Å². The molecule has 0 heterocycles. The number of nitrogens with one attached hydrogen (secondary N) is 3. The Balaban J connectivity index is 3.10. The van der Waals surface area contributed by atoms with Crippen molar-refractivity contribution < 1.29 is 39.3 Å². The van der Waals surface area contributed by atoms with Crippen molar-refractivity contribution >= 4 is 29.7 Å². The van der Waals surface area contributed by atoms with E-state index in [1.54, 1.807) is 0 Å². The summed E-state index contributed by atoms with van der Waals surface area (Å²) in [4.78, 5) is 61.8. The van der Waals surface area contributed by atoms with Crippen LogP contribution in [0.25, 0.3) is 0 Å². The highest BCUT2D eigenvalue weighted by Crippen LogP contribution is 2.12. The number of aromatic hydroxyl groups is 1. The summed E-state index contributed by atoms with van der Waals surface area (Å²) in [5.41, 5.74) is 17.3. The van der Waals surface area contributed by atoms with Gasteiger partial charge < -0.3 is 48.5 Å². The van der Waals surface area contributed by atoms with E-state index in [0.717, 1.165) is 0 Å². The molecule has 0 fully saturated rings. The highest BCUT2D eigenvalue weighted by Gasteiger charge is 2.31. The number of amides is 3. The van der Waals surface area contributed by atoms with Gasteiger partial charge in [0.25, 0.3) is 0 Å². The Morgan fingerprint density at radius 2 is 1.23 bits per heavy atom. The van der Waals surface area contributed by atoms with Gasteiger partial charge >= 0.3 is 11.9 Å². The van der Waals surface area contributed by atoms with E-state index >= 15 is 0 Å². The smallest absolute Gasteiger partial charge is 0.326 e. The van der Waals surface area contributed by atoms with Gasteiger partial charge in [0.05, 0.1) is 12.5 Å². The van der Waals surface area contributed by atoms with Crippen molar-refractivity contribution in [2.45, 2.75) is 75.5 Å². The molecule has 0 aliphatic heterocycles. The van der Waals surface area contributed by atoms with Gasteiger partial charge in [0, 0.05) is 6.42 Å². The maximum absolute atomic E-state index is 13.1. The summed E-state index contributed by atoms with van der Waals surface area (Å²) >= 11 is 0. The third-order valence-electron chi connectivity index (χ3n) is 5.89. The lowest BCUT2D eigenvalue weighted by atomic mass is 10.0. The second kappa shape index (κ2) is 17.7. The minimum Gasteiger partial charge on any atom is -0.508 e. The van der Waals surface area contributed by atoms with Gasteiger partial charge in [-0.1, -0.05) is 18.6 Å². The SMILES string of the molecule is NCCCCC(N)C(=O)NC(CC(=O)O)C(=O)NC(Cc1ccc(O)cc1)C(=O)NC(CCCCN)C(=O)O. The fourth-order valence-electron chi connectivity index (χ4n) is 3.67. The number of aliphatic carboxylic acids is 2. The molecule has 0 aliphatic carbocycles. The largest absolute Gasteiger partial charge is 0.508 e. The molecule has 0 aromatic heterocycles. The molecule has 0 aliphatic rings. The van der Waals surface area contributed by atoms with E-state index in [1.807, 2.05) is 0 Å². The Hall–Kier alpha value is -3.75. The summed E-state index contributed by atoms with van der Waals surface area (Å²) in [7, 11) is 0. The maximum atomic E-state index is 13.1. The molecule has 12 N–H and O–H groups in total. The minimum absolute atomic E-state index is 0.0262. The van der Waals surface area contributed by atoms with Crippen molar-refractivity contribution in [3.8, 4) is 5.75 Å². The van der Waals surface area contributed by atoms with Crippen molar-refractivity contribution in [2.75, 3.05) is 13.1 Å². The lowest BCUT2D eigenvalue weighted by molar-refractivity contribution is -0.143. The van der Waals surface area contributed by atoms with Crippen LogP contribution in [0.5, 0.6) is 5.75 Å². The second-order valence-corrected chi connectivity index (χ2v) is 9.17. The number of rotatable bonds is 19. The Labute approximate surface area is 226 Å². The van der Waals surface area contributed by atoms with Crippen LogP contribution in [-0.2, 0) is 30.4 Å². The number of unbranched alkanes of at least 4 members (excludes halogenated alkanes) is 2. The average molecular weight is 553 g/mol. The van der Waals surface area contributed by atoms with Crippen molar-refractivity contribution in [3.63, 3.8) is 0 Å². The molecule has 4 atom stereocenters. The summed E-state index contributed by atoms with van der Waals surface area (Å²) in [5, 5.41) is 35.5. The molecule has 0 bridgehead atoms. The number of hydrogen-bond acceptors (Lipinski definition) is 9. The molecule has 1 aromatic rings. The number of phenols is 1. The number of carbonyl (C=O) groups is 5. The average Bonchev–Trinajstić information content (AvgIpc) is 2.88. The zero-order chi connectivity index (χ0) is 29.4. The topological polar surface area (TPSA) is 260 Å². The molecule has 0 saturated carbocycles. The van der Waals surface area contributed by atoms with Crippen molar-refractivity contribution in [3.05, 3.63) is 29.8 Å². The van der Waals surface area contributed by atoms with Gasteiger partial charge in [-0.15, -0.1) is 0 Å². The van der Waals surface area contributed by atoms with E-state index in [0.29, 0.717) is 44.3 Å². The van der Waals surface area contributed by atoms with Crippen molar-refractivity contribution in [1.29, 1.82) is 0 Å². The third kappa shape index (κ3) is 13.0. The van der Waals surface area contributed by atoms with Gasteiger partial charge in [0.15, 0.2) is 0 Å². The summed E-state index contributed by atoms with van der Waals surface area (Å²) < 4.78 is 0. The highest BCUT2D eigenvalue weighted by molar-refractivity contribution is 5.95. The van der Waals surface area contributed by atoms with Crippen LogP contribution < -0.4 is 33.2 Å². The lowest BCUT2D eigenvalue weighted by Gasteiger charge is -2.25. The first-order valence-electron chi connectivity index (χ1n) is 12.8. The number of phenolic OH excluding ortho intramolecular Hbond substituents is 1. The molecule has 1 rings (SSSR count). The lowest BCUT2D eigenvalue weighted by Crippen LogP contribution is -2.58. The molecule has 1 aromatic carbocycles. The predicted molar refractivity (Wildman–Crippen MR) is 141 cm³/mol. The Morgan fingerprint density at radius 1 is 0.718 bits per heavy atom. The molecule has 0 spiro atoms. The molecule has 0 radical (unpaired) electrons. The third-order valence-corrected chi connectivity index (χ3v) is 5.89. The molecule has 0 saturated heterocycles. The molecular formula is C25H40N6O8. The van der Waals surface area contributed by atoms with Gasteiger partial charge in [0.1, 0.15) is 23.9 Å². The van der Waals surface area contributed by atoms with Crippen LogP contribution in [0.2, 0.25) is 0 Å². The highest BCUT2D eigenvalue weighted by atomic mass is 16.4. The Morgan fingerprint density at radius 3 is 1.77 bits per heavy atom. The van der Waals surface area contributed by atoms with E-state index in [2.05, 4.69) is 16.0 Å². The molecule has 218 valence electrons. The van der Waals surface area contributed by atoms with Gasteiger partial charge in [-0.3, -0.25) is 19.2 Å². The maximum Gasteiger partial charge on any atom is 0.326 e. The van der Waals surface area contributed by atoms with E-state index in [9.17, 15) is 39.3 Å². The van der Waals surface area contributed by atoms with Crippen LogP contribution in [0.1, 0.15) is 50.5 Å². The number of carbonyl (C=O) groups excluding carboxylic acids is 3. The quantitative estimate of drug-likeness (QED) is 0.0895. The van der Waals surface area contributed by atoms with Crippen LogP contribution in [0.15, 0.2) is 24.3 Å². The van der Waals surface area contributed by atoms with E-state index in [-0.39, 0.29) is 25.0 Å². The summed E-state index contributed by atoms with van der Waals surface area (Å²) in [6.07, 6.45) is 1.69. The zero-order valence-electron chi connectivity index (χ0n) is 21.8. The minimum atomic E-state index is -1.55.